The third-order valence-electron chi connectivity index (χ3n) is 5.71. The lowest BCUT2D eigenvalue weighted by molar-refractivity contribution is -0.123. The highest BCUT2D eigenvalue weighted by Crippen LogP contribution is 2.30. The van der Waals surface area contributed by atoms with Crippen molar-refractivity contribution in [3.8, 4) is 6.07 Å². The van der Waals surface area contributed by atoms with Gasteiger partial charge in [-0.25, -0.2) is 27.0 Å². The van der Waals surface area contributed by atoms with E-state index in [1.807, 2.05) is 19.1 Å². The number of hydrogen-bond acceptors (Lipinski definition) is 8. The summed E-state index contributed by atoms with van der Waals surface area (Å²) in [7, 11) is -3.90. The summed E-state index contributed by atoms with van der Waals surface area (Å²) in [6.07, 6.45) is -2.62. The molecule has 9 nitrogen and oxygen atoms in total. The number of carbonyl (C=O) groups excluding carboxylic acids is 2. The molecule has 12 heteroatoms. The van der Waals surface area contributed by atoms with Gasteiger partial charge in [-0.1, -0.05) is 29.8 Å². The summed E-state index contributed by atoms with van der Waals surface area (Å²) in [6, 6.07) is 9.87. The number of alkyl halides is 2. The van der Waals surface area contributed by atoms with Crippen LogP contribution in [-0.4, -0.2) is 45.0 Å². The van der Waals surface area contributed by atoms with Gasteiger partial charge in [0, 0.05) is 19.0 Å². The van der Waals surface area contributed by atoms with Crippen molar-refractivity contribution in [3.63, 3.8) is 0 Å². The molecular formula is C24H26F2N4O5S. The summed E-state index contributed by atoms with van der Waals surface area (Å²) in [6.45, 7) is 3.70. The predicted molar refractivity (Wildman–Crippen MR) is 127 cm³/mol. The number of pyridine rings is 1. The van der Waals surface area contributed by atoms with Crippen LogP contribution in [0.15, 0.2) is 30.3 Å². The zero-order chi connectivity index (χ0) is 26.5. The second-order valence-corrected chi connectivity index (χ2v) is 10.1. The maximum absolute atomic E-state index is 13.6. The Balaban J connectivity index is 1.70. The highest BCUT2D eigenvalue weighted by atomic mass is 32.2. The molecule has 0 atom stereocenters. The second-order valence-electron chi connectivity index (χ2n) is 8.40. The second kappa shape index (κ2) is 11.4. The van der Waals surface area contributed by atoms with Gasteiger partial charge in [-0.05, 0) is 38.3 Å². The fourth-order valence-electron chi connectivity index (χ4n) is 4.03. The Hall–Kier alpha value is -3.59. The van der Waals surface area contributed by atoms with Crippen molar-refractivity contribution in [2.75, 3.05) is 24.6 Å². The molecule has 192 valence electrons. The fraction of sp³-hybridized carbons (Fsp3) is 0.417. The molecule has 0 radical (unpaired) electrons. The minimum Gasteiger partial charge on any atom is -0.462 e. The number of anilines is 1. The molecule has 0 aliphatic carbocycles. The van der Waals surface area contributed by atoms with E-state index < -0.39 is 45.5 Å². The molecule has 0 bridgehead atoms. The largest absolute Gasteiger partial charge is 0.462 e. The summed E-state index contributed by atoms with van der Waals surface area (Å²) >= 11 is 0. The monoisotopic (exact) mass is 520 g/mol. The van der Waals surface area contributed by atoms with Gasteiger partial charge < -0.3 is 9.64 Å². The van der Waals surface area contributed by atoms with E-state index in [0.29, 0.717) is 5.56 Å². The Labute approximate surface area is 208 Å². The molecule has 2 aromatic rings. The summed E-state index contributed by atoms with van der Waals surface area (Å²) in [5.74, 6) is -2.61. The molecule has 1 amide bonds. The first-order chi connectivity index (χ1) is 17.0. The van der Waals surface area contributed by atoms with Crippen LogP contribution in [0.25, 0.3) is 0 Å². The van der Waals surface area contributed by atoms with E-state index in [9.17, 15) is 32.0 Å². The number of ether oxygens (including phenoxy) is 1. The van der Waals surface area contributed by atoms with Crippen LogP contribution in [0, 0.1) is 24.2 Å². The maximum atomic E-state index is 13.6. The van der Waals surface area contributed by atoms with E-state index in [1.165, 1.54) is 6.92 Å². The van der Waals surface area contributed by atoms with Gasteiger partial charge in [0.15, 0.2) is 0 Å². The first-order valence-corrected chi connectivity index (χ1v) is 12.9. The third-order valence-corrected chi connectivity index (χ3v) is 6.94. The van der Waals surface area contributed by atoms with Crippen molar-refractivity contribution in [2.24, 2.45) is 5.92 Å². The topological polar surface area (TPSA) is 129 Å². The minimum atomic E-state index is -3.90. The Morgan fingerprint density at radius 1 is 1.28 bits per heavy atom. The molecule has 1 fully saturated rings. The third kappa shape index (κ3) is 6.54. The molecule has 0 saturated carbocycles. The number of amides is 1. The van der Waals surface area contributed by atoms with Gasteiger partial charge in [0.2, 0.25) is 15.9 Å². The summed E-state index contributed by atoms with van der Waals surface area (Å²) < 4.78 is 59.1. The first kappa shape index (κ1) is 27.0. The average Bonchev–Trinajstić information content (AvgIpc) is 2.82. The molecule has 1 N–H and O–H groups in total. The molecule has 1 aliphatic rings. The van der Waals surface area contributed by atoms with Crippen LogP contribution in [0.5, 0.6) is 0 Å². The standard InChI is InChI=1S/C24H26F2N4O5S/c1-3-35-24(32)19-12-18(13-27)22(28-20(19)21(25)26)30-9-7-17(8-10-30)23(31)29-36(33,34)14-16-6-4-5-15(2)11-16/h4-6,11-12,17,21H,3,7-10,14H2,1-2H3,(H,29,31). The molecule has 2 heterocycles. The maximum Gasteiger partial charge on any atom is 0.340 e. The van der Waals surface area contributed by atoms with Crippen LogP contribution >= 0.6 is 0 Å². The Bertz CT molecular complexity index is 1290. The molecule has 1 aliphatic heterocycles. The molecule has 1 aromatic carbocycles. The van der Waals surface area contributed by atoms with Gasteiger partial charge in [0.1, 0.15) is 17.6 Å². The van der Waals surface area contributed by atoms with Crippen LogP contribution in [0.1, 0.15) is 58.9 Å². The van der Waals surface area contributed by atoms with Crippen LogP contribution < -0.4 is 9.62 Å². The Kier molecular flexibility index (Phi) is 8.57. The Morgan fingerprint density at radius 2 is 1.97 bits per heavy atom. The summed E-state index contributed by atoms with van der Waals surface area (Å²) in [4.78, 5) is 30.2. The number of aromatic nitrogens is 1. The quantitative estimate of drug-likeness (QED) is 0.525. The number of esters is 1. The number of benzene rings is 1. The van der Waals surface area contributed by atoms with Crippen molar-refractivity contribution in [2.45, 2.75) is 38.9 Å². The number of aryl methyl sites for hydroxylation is 1. The van der Waals surface area contributed by atoms with E-state index >= 15 is 0 Å². The van der Waals surface area contributed by atoms with Crippen LogP contribution in [0.2, 0.25) is 0 Å². The van der Waals surface area contributed by atoms with Gasteiger partial charge in [-0.2, -0.15) is 5.26 Å². The lowest BCUT2D eigenvalue weighted by atomic mass is 9.96. The highest BCUT2D eigenvalue weighted by Gasteiger charge is 2.31. The van der Waals surface area contributed by atoms with Gasteiger partial charge in [-0.15, -0.1) is 0 Å². The smallest absolute Gasteiger partial charge is 0.340 e. The number of piperidine rings is 1. The summed E-state index contributed by atoms with van der Waals surface area (Å²) in [5.41, 5.74) is 0.120. The van der Waals surface area contributed by atoms with Crippen molar-refractivity contribution < 1.29 is 31.5 Å². The normalized spacial score (nSPS) is 14.4. The van der Waals surface area contributed by atoms with E-state index in [0.717, 1.165) is 11.6 Å². The number of nitrogens with one attached hydrogen (secondary N) is 1. The van der Waals surface area contributed by atoms with Gasteiger partial charge in [0.25, 0.3) is 6.43 Å². The molecule has 1 saturated heterocycles. The van der Waals surface area contributed by atoms with Crippen molar-refractivity contribution in [3.05, 3.63) is 58.3 Å². The number of carbonyl (C=O) groups is 2. The number of hydrogen-bond donors (Lipinski definition) is 1. The Morgan fingerprint density at radius 3 is 2.56 bits per heavy atom. The average molecular weight is 521 g/mol. The van der Waals surface area contributed by atoms with Crippen LogP contribution in [-0.2, 0) is 25.3 Å². The van der Waals surface area contributed by atoms with E-state index in [1.54, 1.807) is 23.1 Å². The number of nitriles is 1. The molecule has 0 unspecified atom stereocenters. The molecule has 1 aromatic heterocycles. The number of rotatable bonds is 8. The van der Waals surface area contributed by atoms with Gasteiger partial charge >= 0.3 is 5.97 Å². The zero-order valence-corrected chi connectivity index (χ0v) is 20.6. The molecule has 3 rings (SSSR count). The summed E-state index contributed by atoms with van der Waals surface area (Å²) in [5, 5.41) is 9.53. The van der Waals surface area contributed by atoms with Crippen molar-refractivity contribution >= 4 is 27.7 Å². The van der Waals surface area contributed by atoms with E-state index in [-0.39, 0.29) is 49.7 Å². The highest BCUT2D eigenvalue weighted by molar-refractivity contribution is 7.89. The number of sulfonamides is 1. The van der Waals surface area contributed by atoms with Crippen LogP contribution in [0.4, 0.5) is 14.6 Å². The predicted octanol–water partition coefficient (Wildman–Crippen LogP) is 3.24. The van der Waals surface area contributed by atoms with Gasteiger partial charge in [-0.3, -0.25) is 9.52 Å². The van der Waals surface area contributed by atoms with Crippen LogP contribution in [0.3, 0.4) is 0 Å². The van der Waals surface area contributed by atoms with E-state index in [2.05, 4.69) is 9.71 Å². The minimum absolute atomic E-state index is 0.0215. The van der Waals surface area contributed by atoms with Crippen molar-refractivity contribution in [1.82, 2.24) is 9.71 Å². The lowest BCUT2D eigenvalue weighted by Crippen LogP contribution is -2.43. The molecule has 36 heavy (non-hydrogen) atoms. The molecular weight excluding hydrogens is 494 g/mol. The van der Waals surface area contributed by atoms with Gasteiger partial charge in [0.05, 0.1) is 23.5 Å². The van der Waals surface area contributed by atoms with Crippen molar-refractivity contribution in [1.29, 1.82) is 5.26 Å². The number of nitrogens with zero attached hydrogens (tertiary/aromatic N) is 3. The lowest BCUT2D eigenvalue weighted by Gasteiger charge is -2.33. The zero-order valence-electron chi connectivity index (χ0n) is 19.8. The van der Waals surface area contributed by atoms with E-state index in [4.69, 9.17) is 4.74 Å². The number of halogens is 2. The molecule has 0 spiro atoms. The first-order valence-electron chi connectivity index (χ1n) is 11.3. The fourth-order valence-corrected chi connectivity index (χ4v) is 5.19. The SMILES string of the molecule is CCOC(=O)c1cc(C#N)c(N2CCC(C(=O)NS(=O)(=O)Cc3cccc(C)c3)CC2)nc1C(F)F.